The van der Waals surface area contributed by atoms with E-state index in [9.17, 15) is 0 Å². The lowest BCUT2D eigenvalue weighted by Crippen LogP contribution is -2.29. The van der Waals surface area contributed by atoms with E-state index in [0.29, 0.717) is 18.2 Å². The zero-order chi connectivity index (χ0) is 23.0. The van der Waals surface area contributed by atoms with Gasteiger partial charge in [-0.3, -0.25) is 0 Å². The van der Waals surface area contributed by atoms with Crippen molar-refractivity contribution in [1.29, 1.82) is 0 Å². The third-order valence-electron chi connectivity index (χ3n) is 5.46. The molecule has 2 aromatic rings. The van der Waals surface area contributed by atoms with Crippen LogP contribution in [0.25, 0.3) is 0 Å². The van der Waals surface area contributed by atoms with Gasteiger partial charge in [0.2, 0.25) is 0 Å². The first-order chi connectivity index (χ1) is 15.7. The monoisotopic (exact) mass is 532 g/mol. The Labute approximate surface area is 224 Å². The molecule has 7 heteroatoms. The van der Waals surface area contributed by atoms with Gasteiger partial charge in [0.05, 0.1) is 6.61 Å². The molecule has 0 spiro atoms. The van der Waals surface area contributed by atoms with E-state index < -0.39 is 0 Å². The van der Waals surface area contributed by atoms with Crippen molar-refractivity contribution in [3.8, 4) is 11.5 Å². The van der Waals surface area contributed by atoms with Crippen molar-refractivity contribution in [1.82, 2.24) is 10.2 Å². The lowest BCUT2D eigenvalue weighted by Gasteiger charge is -2.22. The average molecular weight is 534 g/mol. The maximum Gasteiger partial charge on any atom is 0.161 e. The Morgan fingerprint density at radius 3 is 2.15 bits per heavy atom. The number of benzene rings is 2. The van der Waals surface area contributed by atoms with Gasteiger partial charge in [-0.15, -0.1) is 24.8 Å². The molecule has 34 heavy (non-hydrogen) atoms. The van der Waals surface area contributed by atoms with E-state index in [1.165, 1.54) is 57.3 Å². The Bertz CT molecular complexity index is 769. The van der Waals surface area contributed by atoms with Gasteiger partial charge in [-0.1, -0.05) is 62.6 Å². The standard InChI is InChI=1S/C27H41ClN2O2.2ClH/c1-4-7-17-30(18-8-5-2)19-11-16-29-21-23-14-15-26(27(20-23)31-6-3)32-22-24-12-9-10-13-25(24)28;;/h9-10,12-15,20,29H,4-8,11,16-19,21-22H2,1-3H3;2*1H. The Kier molecular flexibility index (Phi) is 19.4. The van der Waals surface area contributed by atoms with E-state index in [0.717, 1.165) is 30.2 Å². The summed E-state index contributed by atoms with van der Waals surface area (Å²) in [5.41, 5.74) is 2.17. The Morgan fingerprint density at radius 1 is 0.824 bits per heavy atom. The molecule has 0 radical (unpaired) electrons. The first-order valence-corrected chi connectivity index (χ1v) is 12.6. The van der Waals surface area contributed by atoms with E-state index >= 15 is 0 Å². The molecule has 0 aliphatic heterocycles. The second kappa shape index (κ2) is 20.1. The van der Waals surface area contributed by atoms with Gasteiger partial charge in [-0.2, -0.15) is 0 Å². The number of ether oxygens (including phenoxy) is 2. The van der Waals surface area contributed by atoms with Gasteiger partial charge in [0.25, 0.3) is 0 Å². The van der Waals surface area contributed by atoms with E-state index in [2.05, 4.69) is 36.2 Å². The molecule has 2 rings (SSSR count). The molecule has 0 saturated carbocycles. The predicted molar refractivity (Wildman–Crippen MR) is 150 cm³/mol. The number of hydrogen-bond donors (Lipinski definition) is 1. The third-order valence-corrected chi connectivity index (χ3v) is 5.83. The quantitative estimate of drug-likeness (QED) is 0.213. The molecule has 0 aliphatic carbocycles. The van der Waals surface area contributed by atoms with Gasteiger partial charge in [0.1, 0.15) is 6.61 Å². The second-order valence-corrected chi connectivity index (χ2v) is 8.58. The SMILES string of the molecule is CCCCN(CCCC)CCCNCc1ccc(OCc2ccccc2Cl)c(OCC)c1.Cl.Cl. The topological polar surface area (TPSA) is 33.7 Å². The fourth-order valence-corrected chi connectivity index (χ4v) is 3.77. The molecule has 2 aromatic carbocycles. The van der Waals surface area contributed by atoms with Gasteiger partial charge in [0, 0.05) is 17.1 Å². The first-order valence-electron chi connectivity index (χ1n) is 12.2. The van der Waals surface area contributed by atoms with Crippen LogP contribution in [0.1, 0.15) is 64.0 Å². The minimum absolute atomic E-state index is 0. The zero-order valence-corrected chi connectivity index (χ0v) is 23.4. The van der Waals surface area contributed by atoms with E-state index in [-0.39, 0.29) is 24.8 Å². The second-order valence-electron chi connectivity index (χ2n) is 8.17. The van der Waals surface area contributed by atoms with Crippen molar-refractivity contribution >= 4 is 36.4 Å². The Morgan fingerprint density at radius 2 is 1.50 bits per heavy atom. The molecular weight excluding hydrogens is 491 g/mol. The highest BCUT2D eigenvalue weighted by Gasteiger charge is 2.09. The van der Waals surface area contributed by atoms with Crippen LogP contribution >= 0.6 is 36.4 Å². The van der Waals surface area contributed by atoms with Gasteiger partial charge in [-0.05, 0) is 76.1 Å². The number of hydrogen-bond acceptors (Lipinski definition) is 4. The van der Waals surface area contributed by atoms with Crippen LogP contribution in [0.2, 0.25) is 5.02 Å². The van der Waals surface area contributed by atoms with Crippen LogP contribution in [-0.4, -0.2) is 37.7 Å². The minimum Gasteiger partial charge on any atom is -0.490 e. The summed E-state index contributed by atoms with van der Waals surface area (Å²) < 4.78 is 11.8. The van der Waals surface area contributed by atoms with Crippen LogP contribution < -0.4 is 14.8 Å². The molecule has 0 unspecified atom stereocenters. The zero-order valence-electron chi connectivity index (χ0n) is 21.0. The lowest BCUT2D eigenvalue weighted by molar-refractivity contribution is 0.261. The van der Waals surface area contributed by atoms with E-state index in [4.69, 9.17) is 21.1 Å². The molecule has 0 fully saturated rings. The van der Waals surface area contributed by atoms with Crippen molar-refractivity contribution < 1.29 is 9.47 Å². The number of unbranched alkanes of at least 4 members (excludes halogenated alkanes) is 2. The summed E-state index contributed by atoms with van der Waals surface area (Å²) in [4.78, 5) is 2.62. The molecule has 0 amide bonds. The molecule has 0 saturated heterocycles. The van der Waals surface area contributed by atoms with E-state index in [1.54, 1.807) is 0 Å². The highest BCUT2D eigenvalue weighted by molar-refractivity contribution is 6.31. The number of nitrogens with one attached hydrogen (secondary N) is 1. The maximum atomic E-state index is 6.25. The highest BCUT2D eigenvalue weighted by atomic mass is 35.5. The molecule has 194 valence electrons. The summed E-state index contributed by atoms with van der Waals surface area (Å²) in [6.07, 6.45) is 6.29. The van der Waals surface area contributed by atoms with Crippen molar-refractivity contribution in [2.45, 2.75) is 66.0 Å². The molecule has 0 bridgehead atoms. The van der Waals surface area contributed by atoms with Crippen LogP contribution in [0.4, 0.5) is 0 Å². The lowest BCUT2D eigenvalue weighted by atomic mass is 10.2. The van der Waals surface area contributed by atoms with Gasteiger partial charge >= 0.3 is 0 Å². The summed E-state index contributed by atoms with van der Waals surface area (Å²) in [6, 6.07) is 13.9. The minimum atomic E-state index is 0. The van der Waals surface area contributed by atoms with Gasteiger partial charge < -0.3 is 19.7 Å². The average Bonchev–Trinajstić information content (AvgIpc) is 2.80. The largest absolute Gasteiger partial charge is 0.490 e. The molecule has 0 aromatic heterocycles. The fraction of sp³-hybridized carbons (Fsp3) is 0.556. The molecule has 0 heterocycles. The van der Waals surface area contributed by atoms with Crippen molar-refractivity contribution in [2.75, 3.05) is 32.8 Å². The van der Waals surface area contributed by atoms with Crippen LogP contribution in [0.15, 0.2) is 42.5 Å². The summed E-state index contributed by atoms with van der Waals surface area (Å²) >= 11 is 6.25. The van der Waals surface area contributed by atoms with E-state index in [1.807, 2.05) is 37.3 Å². The van der Waals surface area contributed by atoms with Crippen LogP contribution in [0.5, 0.6) is 11.5 Å². The number of halogens is 3. The molecular formula is C27H43Cl3N2O2. The smallest absolute Gasteiger partial charge is 0.161 e. The Balaban J connectivity index is 0.00000544. The molecule has 4 nitrogen and oxygen atoms in total. The summed E-state index contributed by atoms with van der Waals surface area (Å²) in [5, 5.41) is 4.30. The van der Waals surface area contributed by atoms with Crippen molar-refractivity contribution in [3.05, 3.63) is 58.6 Å². The molecule has 0 aliphatic rings. The van der Waals surface area contributed by atoms with Gasteiger partial charge in [0.15, 0.2) is 11.5 Å². The van der Waals surface area contributed by atoms with Crippen molar-refractivity contribution in [2.24, 2.45) is 0 Å². The van der Waals surface area contributed by atoms with Crippen molar-refractivity contribution in [3.63, 3.8) is 0 Å². The maximum absolute atomic E-state index is 6.25. The fourth-order valence-electron chi connectivity index (χ4n) is 3.58. The van der Waals surface area contributed by atoms with Crippen LogP contribution in [-0.2, 0) is 13.2 Å². The van der Waals surface area contributed by atoms with Gasteiger partial charge in [-0.25, -0.2) is 0 Å². The summed E-state index contributed by atoms with van der Waals surface area (Å²) in [5.74, 6) is 1.53. The molecule has 0 atom stereocenters. The predicted octanol–water partition coefficient (Wildman–Crippen LogP) is 7.54. The van der Waals surface area contributed by atoms with Crippen LogP contribution in [0.3, 0.4) is 0 Å². The number of nitrogens with zero attached hydrogens (tertiary/aromatic N) is 1. The third kappa shape index (κ3) is 12.5. The Hall–Kier alpha value is -1.17. The summed E-state index contributed by atoms with van der Waals surface area (Å²) in [6.45, 7) is 13.0. The summed E-state index contributed by atoms with van der Waals surface area (Å²) in [7, 11) is 0. The van der Waals surface area contributed by atoms with Crippen LogP contribution in [0, 0.1) is 0 Å². The number of rotatable bonds is 17. The highest BCUT2D eigenvalue weighted by Crippen LogP contribution is 2.30. The normalized spacial score (nSPS) is 10.5. The first kappa shape index (κ1) is 32.8. The molecule has 1 N–H and O–H groups in total.